The van der Waals surface area contributed by atoms with Gasteiger partial charge in [0.05, 0.1) is 12.2 Å². The summed E-state index contributed by atoms with van der Waals surface area (Å²) in [5, 5.41) is 0. The molecule has 0 rings (SSSR count). The quantitative estimate of drug-likeness (QED) is 0.656. The molecule has 0 radical (unpaired) electrons. The Labute approximate surface area is 89.3 Å². The highest BCUT2D eigenvalue weighted by atomic mass is 19.4. The Morgan fingerprint density at radius 3 is 1.80 bits per heavy atom. The van der Waals surface area contributed by atoms with Crippen LogP contribution >= 0.6 is 0 Å². The second-order valence-electron chi connectivity index (χ2n) is 4.69. The molecule has 0 bridgehead atoms. The van der Waals surface area contributed by atoms with Gasteiger partial charge in [-0.3, -0.25) is 0 Å². The Hall–Kier alpha value is -0.510. The number of hydrogen-bond acceptors (Lipinski definition) is 1. The number of alkyl halides is 3. The summed E-state index contributed by atoms with van der Waals surface area (Å²) in [5.41, 5.74) is -0.565. The molecule has 0 N–H and O–H groups in total. The van der Waals surface area contributed by atoms with E-state index in [1.165, 1.54) is 13.8 Å². The number of allylic oxidation sites excluding steroid dienone is 1. The van der Waals surface area contributed by atoms with E-state index in [9.17, 15) is 13.2 Å². The van der Waals surface area contributed by atoms with E-state index in [-0.39, 0.29) is 13.0 Å². The van der Waals surface area contributed by atoms with E-state index in [2.05, 4.69) is 0 Å². The summed E-state index contributed by atoms with van der Waals surface area (Å²) in [5.74, 6) is 0. The zero-order valence-electron chi connectivity index (χ0n) is 9.96. The maximum atomic E-state index is 12.5. The third-order valence-electron chi connectivity index (χ3n) is 1.83. The maximum Gasteiger partial charge on any atom is 0.412 e. The third-order valence-corrected chi connectivity index (χ3v) is 1.83. The van der Waals surface area contributed by atoms with Gasteiger partial charge in [0.25, 0.3) is 0 Å². The van der Waals surface area contributed by atoms with Crippen molar-refractivity contribution in [3.63, 3.8) is 0 Å². The first kappa shape index (κ1) is 14.5. The van der Waals surface area contributed by atoms with E-state index in [0.29, 0.717) is 5.57 Å². The summed E-state index contributed by atoms with van der Waals surface area (Å²) in [6.45, 7) is 8.51. The van der Waals surface area contributed by atoms with Gasteiger partial charge in [0, 0.05) is 12.0 Å². The molecule has 90 valence electrons. The molecule has 0 amide bonds. The van der Waals surface area contributed by atoms with Gasteiger partial charge in [0.15, 0.2) is 0 Å². The summed E-state index contributed by atoms with van der Waals surface area (Å²) in [6.07, 6.45) is -4.32. The van der Waals surface area contributed by atoms with Crippen LogP contribution in [0.2, 0.25) is 0 Å². The minimum absolute atomic E-state index is 0.0803. The molecule has 0 aromatic carbocycles. The molecule has 4 heteroatoms. The lowest BCUT2D eigenvalue weighted by Gasteiger charge is -2.21. The molecule has 0 aliphatic carbocycles. The zero-order chi connectivity index (χ0) is 12.3. The summed E-state index contributed by atoms with van der Waals surface area (Å²) in [7, 11) is 0. The Kier molecular flexibility index (Phi) is 4.84. The summed E-state index contributed by atoms with van der Waals surface area (Å²) >= 11 is 0. The first-order valence-electron chi connectivity index (χ1n) is 4.91. The molecule has 0 aliphatic rings. The molecule has 0 fully saturated rings. The topological polar surface area (TPSA) is 9.23 Å². The van der Waals surface area contributed by atoms with Crippen LogP contribution in [0.4, 0.5) is 13.2 Å². The van der Waals surface area contributed by atoms with Gasteiger partial charge in [-0.2, -0.15) is 13.2 Å². The number of hydrogen-bond donors (Lipinski definition) is 0. The van der Waals surface area contributed by atoms with Crippen molar-refractivity contribution in [2.24, 2.45) is 0 Å². The molecule has 0 spiro atoms. The molecule has 0 heterocycles. The van der Waals surface area contributed by atoms with Crippen LogP contribution in [0.25, 0.3) is 0 Å². The van der Waals surface area contributed by atoms with Crippen molar-refractivity contribution >= 4 is 0 Å². The van der Waals surface area contributed by atoms with E-state index in [4.69, 9.17) is 4.74 Å². The van der Waals surface area contributed by atoms with Gasteiger partial charge in [-0.05, 0) is 34.6 Å². The minimum atomic E-state index is -4.24. The second kappa shape index (κ2) is 5.01. The molecule has 0 atom stereocenters. The second-order valence-corrected chi connectivity index (χ2v) is 4.69. The molecule has 15 heavy (non-hydrogen) atoms. The number of ether oxygens (including phenoxy) is 1. The van der Waals surface area contributed by atoms with Gasteiger partial charge in [-0.1, -0.05) is 5.57 Å². The van der Waals surface area contributed by atoms with E-state index in [0.717, 1.165) is 0 Å². The summed E-state index contributed by atoms with van der Waals surface area (Å²) in [6, 6.07) is 0. The van der Waals surface area contributed by atoms with Crippen molar-refractivity contribution in [3.05, 3.63) is 11.1 Å². The first-order valence-corrected chi connectivity index (χ1v) is 4.91. The van der Waals surface area contributed by atoms with Crippen molar-refractivity contribution in [1.29, 1.82) is 0 Å². The minimum Gasteiger partial charge on any atom is -0.376 e. The van der Waals surface area contributed by atoms with Gasteiger partial charge in [0.2, 0.25) is 0 Å². The van der Waals surface area contributed by atoms with Crippen LogP contribution in [0.15, 0.2) is 11.1 Å². The highest BCUT2D eigenvalue weighted by Gasteiger charge is 2.34. The third kappa shape index (κ3) is 6.55. The molecule has 0 saturated carbocycles. The predicted octanol–water partition coefficient (Wildman–Crippen LogP) is 4.09. The van der Waals surface area contributed by atoms with Crippen molar-refractivity contribution in [2.75, 3.05) is 6.61 Å². The highest BCUT2D eigenvalue weighted by Crippen LogP contribution is 2.30. The van der Waals surface area contributed by atoms with Gasteiger partial charge in [0.1, 0.15) is 0 Å². The van der Waals surface area contributed by atoms with Crippen LogP contribution in [0, 0.1) is 0 Å². The summed E-state index contributed by atoms with van der Waals surface area (Å²) in [4.78, 5) is 0. The number of rotatable bonds is 3. The normalized spacial score (nSPS) is 12.8. The first-order chi connectivity index (χ1) is 6.54. The van der Waals surface area contributed by atoms with E-state index >= 15 is 0 Å². The lowest BCUT2D eigenvalue weighted by molar-refractivity contribution is -0.0991. The largest absolute Gasteiger partial charge is 0.412 e. The molecule has 0 aromatic heterocycles. The molecule has 0 saturated heterocycles. The maximum absolute atomic E-state index is 12.5. The number of halogens is 3. The molecule has 0 aromatic rings. The Bertz CT molecular complexity index is 229. The molecule has 1 nitrogen and oxygen atoms in total. The lowest BCUT2D eigenvalue weighted by atomic mass is 10.1. The van der Waals surface area contributed by atoms with Gasteiger partial charge in [-0.25, -0.2) is 0 Å². The molecule has 0 aliphatic heterocycles. The van der Waals surface area contributed by atoms with Crippen molar-refractivity contribution in [1.82, 2.24) is 0 Å². The molecular weight excluding hydrogens is 205 g/mol. The predicted molar refractivity (Wildman–Crippen MR) is 54.8 cm³/mol. The van der Waals surface area contributed by atoms with Crippen molar-refractivity contribution < 1.29 is 17.9 Å². The van der Waals surface area contributed by atoms with Crippen LogP contribution in [-0.2, 0) is 4.74 Å². The van der Waals surface area contributed by atoms with Crippen molar-refractivity contribution in [3.8, 4) is 0 Å². The fourth-order valence-electron chi connectivity index (χ4n) is 1.13. The van der Waals surface area contributed by atoms with Crippen LogP contribution in [-0.4, -0.2) is 18.4 Å². The molecule has 0 unspecified atom stereocenters. The monoisotopic (exact) mass is 224 g/mol. The van der Waals surface area contributed by atoms with Crippen molar-refractivity contribution in [2.45, 2.75) is 52.8 Å². The lowest BCUT2D eigenvalue weighted by Crippen LogP contribution is -2.22. The van der Waals surface area contributed by atoms with Crippen LogP contribution in [0.1, 0.15) is 41.0 Å². The Morgan fingerprint density at radius 2 is 1.53 bits per heavy atom. The van der Waals surface area contributed by atoms with Gasteiger partial charge < -0.3 is 4.74 Å². The van der Waals surface area contributed by atoms with E-state index in [1.807, 2.05) is 20.8 Å². The average Bonchev–Trinajstić information content (AvgIpc) is 1.92. The highest BCUT2D eigenvalue weighted by molar-refractivity contribution is 5.15. The smallest absolute Gasteiger partial charge is 0.376 e. The standard InChI is InChI=1S/C11H19F3O/c1-8(2)9(11(12,13)14)6-7-15-10(3,4)5/h6-7H2,1-5H3. The Morgan fingerprint density at radius 1 is 1.07 bits per heavy atom. The zero-order valence-corrected chi connectivity index (χ0v) is 9.96. The Balaban J connectivity index is 4.32. The van der Waals surface area contributed by atoms with Gasteiger partial charge in [-0.15, -0.1) is 0 Å². The molecular formula is C11H19F3O. The van der Waals surface area contributed by atoms with Gasteiger partial charge >= 0.3 is 6.18 Å². The van der Waals surface area contributed by atoms with Crippen LogP contribution in [0.3, 0.4) is 0 Å². The average molecular weight is 224 g/mol. The summed E-state index contributed by atoms with van der Waals surface area (Å²) < 4.78 is 42.7. The van der Waals surface area contributed by atoms with Crippen LogP contribution < -0.4 is 0 Å². The fraction of sp³-hybridized carbons (Fsp3) is 0.818. The SMILES string of the molecule is CC(C)=C(CCOC(C)(C)C)C(F)(F)F. The fourth-order valence-corrected chi connectivity index (χ4v) is 1.13. The van der Waals surface area contributed by atoms with Crippen LogP contribution in [0.5, 0.6) is 0 Å². The van der Waals surface area contributed by atoms with E-state index < -0.39 is 17.4 Å². The van der Waals surface area contributed by atoms with E-state index in [1.54, 1.807) is 0 Å².